The predicted octanol–water partition coefficient (Wildman–Crippen LogP) is 3.67. The van der Waals surface area contributed by atoms with Crippen molar-refractivity contribution in [1.82, 2.24) is 5.32 Å². The molecule has 0 aromatic heterocycles. The highest BCUT2D eigenvalue weighted by molar-refractivity contribution is 5.21. The van der Waals surface area contributed by atoms with E-state index in [0.29, 0.717) is 0 Å². The quantitative estimate of drug-likeness (QED) is 0.773. The Kier molecular flexibility index (Phi) is 3.94. The molecule has 1 aliphatic rings. The lowest BCUT2D eigenvalue weighted by molar-refractivity contribution is 0.475. The van der Waals surface area contributed by atoms with E-state index >= 15 is 0 Å². The van der Waals surface area contributed by atoms with Crippen LogP contribution in [0.15, 0.2) is 24.3 Å². The van der Waals surface area contributed by atoms with Gasteiger partial charge in [-0.1, -0.05) is 38.0 Å². The fourth-order valence-electron chi connectivity index (χ4n) is 2.10. The molecule has 0 amide bonds. The molecule has 88 valence electrons. The molecule has 0 heterocycles. The van der Waals surface area contributed by atoms with E-state index in [1.54, 1.807) is 12.1 Å². The first-order chi connectivity index (χ1) is 7.81. The number of rotatable bonds is 6. The van der Waals surface area contributed by atoms with E-state index in [-0.39, 0.29) is 11.9 Å². The van der Waals surface area contributed by atoms with Gasteiger partial charge in [-0.3, -0.25) is 0 Å². The van der Waals surface area contributed by atoms with E-state index in [9.17, 15) is 4.39 Å². The molecule has 1 unspecified atom stereocenters. The van der Waals surface area contributed by atoms with Gasteiger partial charge in [-0.25, -0.2) is 4.39 Å². The Morgan fingerprint density at radius 3 is 2.75 bits per heavy atom. The Balaban J connectivity index is 1.90. The minimum absolute atomic E-state index is 0.0896. The van der Waals surface area contributed by atoms with Crippen molar-refractivity contribution >= 4 is 0 Å². The molecule has 1 aromatic rings. The lowest BCUT2D eigenvalue weighted by Gasteiger charge is -2.17. The first-order valence-corrected chi connectivity index (χ1v) is 6.29. The largest absolute Gasteiger partial charge is 0.310 e. The summed E-state index contributed by atoms with van der Waals surface area (Å²) in [6.45, 7) is 3.11. The second kappa shape index (κ2) is 5.44. The van der Waals surface area contributed by atoms with Crippen molar-refractivity contribution in [1.29, 1.82) is 0 Å². The second-order valence-electron chi connectivity index (χ2n) is 4.67. The Morgan fingerprint density at radius 2 is 2.12 bits per heavy atom. The van der Waals surface area contributed by atoms with Gasteiger partial charge >= 0.3 is 0 Å². The van der Waals surface area contributed by atoms with Gasteiger partial charge in [0, 0.05) is 11.6 Å². The summed E-state index contributed by atoms with van der Waals surface area (Å²) in [5.41, 5.74) is 0.806. The maximum atomic E-state index is 13.6. The molecule has 0 saturated heterocycles. The van der Waals surface area contributed by atoms with Crippen molar-refractivity contribution in [3.63, 3.8) is 0 Å². The van der Waals surface area contributed by atoms with Crippen LogP contribution in [0.2, 0.25) is 0 Å². The third-order valence-corrected chi connectivity index (χ3v) is 3.33. The maximum absolute atomic E-state index is 13.6. The van der Waals surface area contributed by atoms with Crippen LogP contribution in [-0.4, -0.2) is 6.54 Å². The van der Waals surface area contributed by atoms with Crippen molar-refractivity contribution in [2.45, 2.75) is 38.6 Å². The molecule has 2 heteroatoms. The van der Waals surface area contributed by atoms with E-state index < -0.39 is 0 Å². The summed E-state index contributed by atoms with van der Waals surface area (Å²) in [4.78, 5) is 0. The monoisotopic (exact) mass is 221 g/mol. The molecule has 0 radical (unpaired) electrons. The van der Waals surface area contributed by atoms with Gasteiger partial charge in [-0.05, 0) is 31.4 Å². The summed E-state index contributed by atoms with van der Waals surface area (Å²) < 4.78 is 13.6. The summed E-state index contributed by atoms with van der Waals surface area (Å²) in [6.07, 6.45) is 4.95. The molecule has 1 fully saturated rings. The Labute approximate surface area is 97.1 Å². The summed E-state index contributed by atoms with van der Waals surface area (Å²) >= 11 is 0. The minimum atomic E-state index is -0.0896. The van der Waals surface area contributed by atoms with Crippen molar-refractivity contribution in [2.24, 2.45) is 5.92 Å². The highest BCUT2D eigenvalue weighted by atomic mass is 19.1. The standard InChI is InChI=1S/C14H20FN/c1-2-14(16-10-9-11-7-8-11)12-5-3-4-6-13(12)15/h3-6,11,14,16H,2,7-10H2,1H3. The third kappa shape index (κ3) is 3.05. The van der Waals surface area contributed by atoms with Gasteiger partial charge in [0.05, 0.1) is 0 Å². The number of nitrogens with one attached hydrogen (secondary N) is 1. The minimum Gasteiger partial charge on any atom is -0.310 e. The van der Waals surface area contributed by atoms with Crippen molar-refractivity contribution in [3.8, 4) is 0 Å². The zero-order valence-corrected chi connectivity index (χ0v) is 9.88. The third-order valence-electron chi connectivity index (χ3n) is 3.33. The summed E-state index contributed by atoms with van der Waals surface area (Å²) in [5, 5.41) is 3.46. The molecular formula is C14H20FN. The zero-order valence-electron chi connectivity index (χ0n) is 9.88. The van der Waals surface area contributed by atoms with Crippen LogP contribution >= 0.6 is 0 Å². The second-order valence-corrected chi connectivity index (χ2v) is 4.67. The Hall–Kier alpha value is -0.890. The van der Waals surface area contributed by atoms with Gasteiger partial charge in [0.15, 0.2) is 0 Å². The molecule has 1 aliphatic carbocycles. The summed E-state index contributed by atoms with van der Waals surface area (Å²) in [6, 6.07) is 7.24. The van der Waals surface area contributed by atoms with Crippen LogP contribution in [0.25, 0.3) is 0 Å². The van der Waals surface area contributed by atoms with Crippen LogP contribution in [0.4, 0.5) is 4.39 Å². The lowest BCUT2D eigenvalue weighted by atomic mass is 10.0. The van der Waals surface area contributed by atoms with Crippen molar-refractivity contribution in [2.75, 3.05) is 6.54 Å². The van der Waals surface area contributed by atoms with Crippen molar-refractivity contribution in [3.05, 3.63) is 35.6 Å². The van der Waals surface area contributed by atoms with Gasteiger partial charge < -0.3 is 5.32 Å². The number of halogens is 1. The molecule has 1 N–H and O–H groups in total. The molecule has 0 bridgehead atoms. The van der Waals surface area contributed by atoms with Gasteiger partial charge in [-0.15, -0.1) is 0 Å². The van der Waals surface area contributed by atoms with E-state index in [1.165, 1.54) is 19.3 Å². The smallest absolute Gasteiger partial charge is 0.127 e. The molecular weight excluding hydrogens is 201 g/mol. The average molecular weight is 221 g/mol. The zero-order chi connectivity index (χ0) is 11.4. The first-order valence-electron chi connectivity index (χ1n) is 6.29. The normalized spacial score (nSPS) is 17.4. The van der Waals surface area contributed by atoms with Crippen LogP contribution < -0.4 is 5.32 Å². The highest BCUT2D eigenvalue weighted by Gasteiger charge is 2.21. The van der Waals surface area contributed by atoms with Gasteiger partial charge in [0.25, 0.3) is 0 Å². The molecule has 0 aliphatic heterocycles. The molecule has 1 aromatic carbocycles. The molecule has 1 nitrogen and oxygen atoms in total. The predicted molar refractivity (Wildman–Crippen MR) is 64.8 cm³/mol. The number of hydrogen-bond acceptors (Lipinski definition) is 1. The Bertz CT molecular complexity index is 333. The van der Waals surface area contributed by atoms with E-state index in [1.807, 2.05) is 12.1 Å². The van der Waals surface area contributed by atoms with E-state index in [0.717, 1.165) is 24.4 Å². The topological polar surface area (TPSA) is 12.0 Å². The van der Waals surface area contributed by atoms with Crippen molar-refractivity contribution < 1.29 is 4.39 Å². The van der Waals surface area contributed by atoms with Crippen LogP contribution in [-0.2, 0) is 0 Å². The Morgan fingerprint density at radius 1 is 1.38 bits per heavy atom. The summed E-state index contributed by atoms with van der Waals surface area (Å²) in [5.74, 6) is 0.846. The van der Waals surface area contributed by atoms with Gasteiger partial charge in [-0.2, -0.15) is 0 Å². The highest BCUT2D eigenvalue weighted by Crippen LogP contribution is 2.32. The number of benzene rings is 1. The SMILES string of the molecule is CCC(NCCC1CC1)c1ccccc1F. The maximum Gasteiger partial charge on any atom is 0.127 e. The molecule has 1 saturated carbocycles. The lowest BCUT2D eigenvalue weighted by Crippen LogP contribution is -2.23. The first kappa shape index (κ1) is 11.6. The molecule has 0 spiro atoms. The van der Waals surface area contributed by atoms with Gasteiger partial charge in [0.1, 0.15) is 5.82 Å². The average Bonchev–Trinajstić information content (AvgIpc) is 3.10. The number of hydrogen-bond donors (Lipinski definition) is 1. The fraction of sp³-hybridized carbons (Fsp3) is 0.571. The molecule has 1 atom stereocenters. The van der Waals surface area contributed by atoms with Crippen LogP contribution in [0.1, 0.15) is 44.2 Å². The van der Waals surface area contributed by atoms with Crippen LogP contribution in [0.5, 0.6) is 0 Å². The molecule has 2 rings (SSSR count). The van der Waals surface area contributed by atoms with Crippen LogP contribution in [0, 0.1) is 11.7 Å². The summed E-state index contributed by atoms with van der Waals surface area (Å²) in [7, 11) is 0. The van der Waals surface area contributed by atoms with Gasteiger partial charge in [0.2, 0.25) is 0 Å². The van der Waals surface area contributed by atoms with E-state index in [4.69, 9.17) is 0 Å². The fourth-order valence-corrected chi connectivity index (χ4v) is 2.10. The molecule has 16 heavy (non-hydrogen) atoms. The van der Waals surface area contributed by atoms with Crippen LogP contribution in [0.3, 0.4) is 0 Å². The van der Waals surface area contributed by atoms with E-state index in [2.05, 4.69) is 12.2 Å².